The second kappa shape index (κ2) is 5.55. The van der Waals surface area contributed by atoms with Gasteiger partial charge in [-0.05, 0) is 24.6 Å². The summed E-state index contributed by atoms with van der Waals surface area (Å²) >= 11 is 1.32. The molecule has 0 bridgehead atoms. The van der Waals surface area contributed by atoms with Gasteiger partial charge in [0.15, 0.2) is 0 Å². The molecule has 0 heterocycles. The Labute approximate surface area is 111 Å². The number of thioether (sulfide) groups is 1. The van der Waals surface area contributed by atoms with E-state index in [-0.39, 0.29) is 5.82 Å². The van der Waals surface area contributed by atoms with Gasteiger partial charge in [-0.2, -0.15) is 0 Å². The van der Waals surface area contributed by atoms with E-state index in [0.29, 0.717) is 10.6 Å². The highest BCUT2D eigenvalue weighted by molar-refractivity contribution is 7.99. The van der Waals surface area contributed by atoms with Crippen LogP contribution in [0.25, 0.3) is 0 Å². The van der Waals surface area contributed by atoms with Crippen LogP contribution in [0.4, 0.5) is 4.39 Å². The Hall–Kier alpha value is -1.32. The van der Waals surface area contributed by atoms with Gasteiger partial charge in [-0.1, -0.05) is 42.5 Å². The summed E-state index contributed by atoms with van der Waals surface area (Å²) in [4.78, 5) is 0.564. The number of benzene rings is 2. The first-order chi connectivity index (χ1) is 8.59. The molecule has 0 spiro atoms. The first-order valence-corrected chi connectivity index (χ1v) is 6.73. The maximum atomic E-state index is 13.5. The maximum Gasteiger partial charge on any atom is 0.136 e. The lowest BCUT2D eigenvalue weighted by Crippen LogP contribution is -2.24. The first kappa shape index (κ1) is 13.1. The predicted octanol–water partition coefficient (Wildman–Crippen LogP) is 3.83. The zero-order valence-corrected chi connectivity index (χ0v) is 11.0. The van der Waals surface area contributed by atoms with E-state index in [0.717, 1.165) is 5.56 Å². The minimum Gasteiger partial charge on any atom is -0.385 e. The van der Waals surface area contributed by atoms with Crippen molar-refractivity contribution in [3.8, 4) is 0 Å². The number of rotatable bonds is 4. The minimum absolute atomic E-state index is 0.244. The molecule has 0 aromatic heterocycles. The molecule has 0 saturated carbocycles. The maximum absolute atomic E-state index is 13.5. The fourth-order valence-electron chi connectivity index (χ4n) is 1.66. The van der Waals surface area contributed by atoms with Crippen molar-refractivity contribution < 1.29 is 9.50 Å². The average Bonchev–Trinajstić information content (AvgIpc) is 2.39. The van der Waals surface area contributed by atoms with Crippen LogP contribution >= 0.6 is 11.8 Å². The molecule has 2 aromatic rings. The molecule has 0 aliphatic carbocycles. The Balaban J connectivity index is 2.08. The van der Waals surface area contributed by atoms with E-state index in [9.17, 15) is 9.50 Å². The molecule has 0 fully saturated rings. The summed E-state index contributed by atoms with van der Waals surface area (Å²) in [6, 6.07) is 16.0. The van der Waals surface area contributed by atoms with Crippen LogP contribution in [0.1, 0.15) is 12.5 Å². The van der Waals surface area contributed by atoms with Crippen LogP contribution in [0.5, 0.6) is 0 Å². The van der Waals surface area contributed by atoms with Gasteiger partial charge in [-0.3, -0.25) is 0 Å². The second-order valence-corrected chi connectivity index (χ2v) is 5.38. The molecule has 0 aliphatic heterocycles. The summed E-state index contributed by atoms with van der Waals surface area (Å²) in [5, 5.41) is 10.4. The molecule has 1 nitrogen and oxygen atoms in total. The van der Waals surface area contributed by atoms with Crippen molar-refractivity contribution in [2.75, 3.05) is 5.75 Å². The van der Waals surface area contributed by atoms with Gasteiger partial charge in [0.2, 0.25) is 0 Å². The van der Waals surface area contributed by atoms with Gasteiger partial charge >= 0.3 is 0 Å². The number of hydrogen-bond donors (Lipinski definition) is 1. The third kappa shape index (κ3) is 3.12. The Kier molecular flexibility index (Phi) is 4.04. The molecule has 2 rings (SSSR count). The zero-order chi connectivity index (χ0) is 13.0. The Morgan fingerprint density at radius 3 is 2.33 bits per heavy atom. The lowest BCUT2D eigenvalue weighted by Gasteiger charge is -2.23. The monoisotopic (exact) mass is 262 g/mol. The van der Waals surface area contributed by atoms with Gasteiger partial charge < -0.3 is 5.11 Å². The molecule has 1 N–H and O–H groups in total. The van der Waals surface area contributed by atoms with Gasteiger partial charge in [-0.15, -0.1) is 11.8 Å². The summed E-state index contributed by atoms with van der Waals surface area (Å²) in [6.45, 7) is 1.75. The molecule has 0 saturated heterocycles. The number of aliphatic hydroxyl groups is 1. The van der Waals surface area contributed by atoms with E-state index in [1.807, 2.05) is 30.3 Å². The Bertz CT molecular complexity index is 511. The van der Waals surface area contributed by atoms with E-state index in [1.54, 1.807) is 25.1 Å². The fourth-order valence-corrected chi connectivity index (χ4v) is 2.64. The van der Waals surface area contributed by atoms with Crippen molar-refractivity contribution in [1.82, 2.24) is 0 Å². The molecule has 3 heteroatoms. The molecule has 2 aromatic carbocycles. The number of hydrogen-bond acceptors (Lipinski definition) is 2. The molecule has 0 aliphatic rings. The summed E-state index contributed by atoms with van der Waals surface area (Å²) in [6.07, 6.45) is 0. The topological polar surface area (TPSA) is 20.2 Å². The van der Waals surface area contributed by atoms with Crippen LogP contribution < -0.4 is 0 Å². The third-order valence-electron chi connectivity index (χ3n) is 2.74. The summed E-state index contributed by atoms with van der Waals surface area (Å²) < 4.78 is 13.5. The van der Waals surface area contributed by atoms with E-state index in [2.05, 4.69) is 0 Å². The Morgan fingerprint density at radius 1 is 1.06 bits per heavy atom. The van der Waals surface area contributed by atoms with Crippen molar-refractivity contribution in [3.63, 3.8) is 0 Å². The quantitative estimate of drug-likeness (QED) is 0.845. The highest BCUT2D eigenvalue weighted by Crippen LogP contribution is 2.30. The van der Waals surface area contributed by atoms with Crippen LogP contribution in [0.2, 0.25) is 0 Å². The van der Waals surface area contributed by atoms with Crippen molar-refractivity contribution in [3.05, 3.63) is 66.0 Å². The molecule has 1 unspecified atom stereocenters. The lowest BCUT2D eigenvalue weighted by molar-refractivity contribution is 0.0839. The average molecular weight is 262 g/mol. The second-order valence-electron chi connectivity index (χ2n) is 4.36. The van der Waals surface area contributed by atoms with Crippen LogP contribution in [-0.2, 0) is 5.60 Å². The van der Waals surface area contributed by atoms with Crippen LogP contribution in [0.15, 0.2) is 59.5 Å². The fraction of sp³-hybridized carbons (Fsp3) is 0.200. The lowest BCUT2D eigenvalue weighted by atomic mass is 9.99. The summed E-state index contributed by atoms with van der Waals surface area (Å²) in [5.41, 5.74) is -0.123. The van der Waals surface area contributed by atoms with E-state index in [4.69, 9.17) is 0 Å². The minimum atomic E-state index is -0.964. The van der Waals surface area contributed by atoms with Gasteiger partial charge in [-0.25, -0.2) is 4.39 Å². The standard InChI is InChI=1S/C15H15FOS/c1-15(17,12-7-3-2-4-8-12)11-18-14-10-6-5-9-13(14)16/h2-10,17H,11H2,1H3. The molecule has 94 valence electrons. The number of halogens is 1. The van der Waals surface area contributed by atoms with Crippen molar-refractivity contribution in [2.45, 2.75) is 17.4 Å². The van der Waals surface area contributed by atoms with E-state index < -0.39 is 5.60 Å². The van der Waals surface area contributed by atoms with Crippen molar-refractivity contribution in [1.29, 1.82) is 0 Å². The van der Waals surface area contributed by atoms with Gasteiger partial charge in [0.1, 0.15) is 5.82 Å². The highest BCUT2D eigenvalue weighted by Gasteiger charge is 2.23. The SMILES string of the molecule is CC(O)(CSc1ccccc1F)c1ccccc1. The van der Waals surface area contributed by atoms with Gasteiger partial charge in [0.05, 0.1) is 5.60 Å². The van der Waals surface area contributed by atoms with Crippen LogP contribution in [0.3, 0.4) is 0 Å². The Morgan fingerprint density at radius 2 is 1.67 bits per heavy atom. The predicted molar refractivity (Wildman–Crippen MR) is 73.1 cm³/mol. The van der Waals surface area contributed by atoms with E-state index in [1.165, 1.54) is 17.8 Å². The third-order valence-corrected chi connectivity index (χ3v) is 4.09. The van der Waals surface area contributed by atoms with E-state index >= 15 is 0 Å². The molecule has 0 radical (unpaired) electrons. The van der Waals surface area contributed by atoms with Crippen molar-refractivity contribution >= 4 is 11.8 Å². The molecule has 0 amide bonds. The highest BCUT2D eigenvalue weighted by atomic mass is 32.2. The largest absolute Gasteiger partial charge is 0.385 e. The molecular formula is C15H15FOS. The molecule has 1 atom stereocenters. The van der Waals surface area contributed by atoms with Crippen LogP contribution in [0, 0.1) is 5.82 Å². The zero-order valence-electron chi connectivity index (χ0n) is 10.1. The van der Waals surface area contributed by atoms with Gasteiger partial charge in [0, 0.05) is 10.6 Å². The van der Waals surface area contributed by atoms with Gasteiger partial charge in [0.25, 0.3) is 0 Å². The summed E-state index contributed by atoms with van der Waals surface area (Å²) in [7, 11) is 0. The summed E-state index contributed by atoms with van der Waals surface area (Å²) in [5.74, 6) is 0.171. The smallest absolute Gasteiger partial charge is 0.136 e. The normalized spacial score (nSPS) is 14.2. The molecule has 18 heavy (non-hydrogen) atoms. The first-order valence-electron chi connectivity index (χ1n) is 5.75. The van der Waals surface area contributed by atoms with Crippen molar-refractivity contribution in [2.24, 2.45) is 0 Å². The van der Waals surface area contributed by atoms with Crippen LogP contribution in [-0.4, -0.2) is 10.9 Å². The molecular weight excluding hydrogens is 247 g/mol.